The van der Waals surface area contributed by atoms with Gasteiger partial charge in [-0.25, -0.2) is 4.79 Å². The zero-order chi connectivity index (χ0) is 112. The molecule has 0 spiro atoms. The molecule has 20 amide bonds. The molecule has 0 bridgehead atoms. The summed E-state index contributed by atoms with van der Waals surface area (Å²) in [6.07, 6.45) is -5.23. The fraction of sp³-hybridized carbons (Fsp3) is 0.663. The topological polar surface area (TPSA) is 970 Å². The van der Waals surface area contributed by atoms with Crippen molar-refractivity contribution in [1.82, 2.24) is 111 Å². The number of carboxylic acids is 2. The molecule has 2 aliphatic rings. The number of benzene rings is 1. The summed E-state index contributed by atoms with van der Waals surface area (Å²) in [7, 11) is 0. The SMILES string of the molecule is CC[C@H](C)[C@H](NC(=O)[C@H](CO)NC(=O)[C@@H](NC(=O)[C@@H]1CCCN1C(=O)[C@H](CCCCN)NC(=O)[C@H](CO)NC(=O)[C@H](CO)NC(=O)[C@H](C)NC(=O)[C@@H]1CCCN1C(=O)[C@H](CO)NC(=O)[C@H](CC(=O)O)NC(=O)CNC(=O)[C@H](CCCNC(=N)N)NC(=O)CNC(=O)[C@@H](NC(=O)[C@@H](N)C(C)C)[C@@H](C)O)[C@@H](C)CC)C(=O)N[C@@H](CC(N)=O)C(=O)N[C@@H](Cc1ccc(O)cc1)C(=O)N[C@@H](CCCNC(=N)N)C(=O)N[C@H](C(=O)O)[C@@H](C)O. The van der Waals surface area contributed by atoms with Crippen LogP contribution in [-0.4, -0.2) is 391 Å². The number of carboxylic acid groups (broad SMARTS) is 2. The van der Waals surface area contributed by atoms with Crippen LogP contribution in [0.4, 0.5) is 0 Å². The maximum atomic E-state index is 14.8. The fourth-order valence-electron chi connectivity index (χ4n) is 15.1. The van der Waals surface area contributed by atoms with Gasteiger partial charge in [-0.05, 0) is 133 Å². The molecule has 0 aliphatic carbocycles. The second-order valence-corrected chi connectivity index (χ2v) is 36.2. The van der Waals surface area contributed by atoms with Crippen LogP contribution < -0.4 is 130 Å². The summed E-state index contributed by atoms with van der Waals surface area (Å²) in [6, 6.07) is -24.8. The van der Waals surface area contributed by atoms with E-state index in [0.717, 1.165) is 23.6 Å². The van der Waals surface area contributed by atoms with Crippen LogP contribution in [0.1, 0.15) is 164 Å². The second-order valence-electron chi connectivity index (χ2n) is 36.2. The molecule has 2 heterocycles. The molecule has 40 N–H and O–H groups in total. The minimum atomic E-state index is -2.02. The van der Waals surface area contributed by atoms with Gasteiger partial charge in [0.2, 0.25) is 118 Å². The molecule has 0 aromatic heterocycles. The third kappa shape index (κ3) is 42.9. The summed E-state index contributed by atoms with van der Waals surface area (Å²) in [6.45, 7) is 6.23. The molecule has 59 heteroatoms. The molecule has 2 saturated heterocycles. The lowest BCUT2D eigenvalue weighted by atomic mass is 9.96. The van der Waals surface area contributed by atoms with Gasteiger partial charge in [0, 0.05) is 32.6 Å². The number of nitrogens with zero attached hydrogens (tertiary/aromatic N) is 2. The lowest BCUT2D eigenvalue weighted by molar-refractivity contribution is -0.145. The molecule has 0 unspecified atom stereocenters. The highest BCUT2D eigenvalue weighted by atomic mass is 16.4. The van der Waals surface area contributed by atoms with Crippen LogP contribution in [-0.2, 0) is 112 Å². The Morgan fingerprint density at radius 2 is 0.770 bits per heavy atom. The van der Waals surface area contributed by atoms with Crippen molar-refractivity contribution < 1.29 is 151 Å². The van der Waals surface area contributed by atoms with Crippen LogP contribution in [0.15, 0.2) is 24.3 Å². The molecule has 1 aromatic rings. The van der Waals surface area contributed by atoms with E-state index >= 15 is 0 Å². The van der Waals surface area contributed by atoms with Crippen molar-refractivity contribution in [2.75, 3.05) is 72.2 Å². The van der Waals surface area contributed by atoms with Gasteiger partial charge in [-0.1, -0.05) is 66.5 Å². The summed E-state index contributed by atoms with van der Waals surface area (Å²) < 4.78 is 0. The number of nitrogens with one attached hydrogen (secondary N) is 21. The molecule has 3 rings (SSSR count). The maximum Gasteiger partial charge on any atom is 0.328 e. The summed E-state index contributed by atoms with van der Waals surface area (Å²) >= 11 is 0. The first kappa shape index (κ1) is 128. The molecule has 1 aromatic carbocycles. The Labute approximate surface area is 851 Å². The number of hydrogen-bond donors (Lipinski definition) is 35. The number of carbonyl (C=O) groups is 22. The summed E-state index contributed by atoms with van der Waals surface area (Å²) in [4.78, 5) is 303. The number of likely N-dealkylation sites (tertiary alicyclic amines) is 2. The molecule has 22 atom stereocenters. The normalized spacial score (nSPS) is 17.3. The molecule has 148 heavy (non-hydrogen) atoms. The Kier molecular flexibility index (Phi) is 55.7. The highest BCUT2D eigenvalue weighted by Crippen LogP contribution is 2.24. The Bertz CT molecular complexity index is 4750. The van der Waals surface area contributed by atoms with Gasteiger partial charge in [-0.2, -0.15) is 0 Å². The van der Waals surface area contributed by atoms with Gasteiger partial charge in [-0.3, -0.25) is 112 Å². The van der Waals surface area contributed by atoms with Crippen molar-refractivity contribution in [2.45, 2.75) is 286 Å². The number of rotatable bonds is 66. The largest absolute Gasteiger partial charge is 0.508 e. The van der Waals surface area contributed by atoms with Crippen molar-refractivity contribution in [3.05, 3.63) is 29.8 Å². The minimum absolute atomic E-state index is 0.00211. The number of guanidine groups is 2. The number of unbranched alkanes of at least 4 members (excludes halogenated alkanes) is 1. The first-order chi connectivity index (χ1) is 69.6. The van der Waals surface area contributed by atoms with Gasteiger partial charge in [0.15, 0.2) is 18.0 Å². The number of aliphatic hydroxyl groups excluding tert-OH is 6. The van der Waals surface area contributed by atoms with Crippen molar-refractivity contribution >= 4 is 142 Å². The predicted molar refractivity (Wildman–Crippen MR) is 520 cm³/mol. The number of phenolic OH excluding ortho intramolecular Hbond substituents is 1. The number of aliphatic carboxylic acids is 2. The van der Waals surface area contributed by atoms with E-state index in [1.165, 1.54) is 38.1 Å². The second kappa shape index (κ2) is 64.5. The van der Waals surface area contributed by atoms with Crippen molar-refractivity contribution in [1.29, 1.82) is 10.8 Å². The average Bonchev–Trinajstić information content (AvgIpc) is 1.64. The Hall–Kier alpha value is -14.4. The van der Waals surface area contributed by atoms with Crippen molar-refractivity contribution in [2.24, 2.45) is 46.4 Å². The van der Waals surface area contributed by atoms with Gasteiger partial charge in [0.1, 0.15) is 102 Å². The van der Waals surface area contributed by atoms with Crippen LogP contribution in [0.3, 0.4) is 0 Å². The number of hydrogen-bond acceptors (Lipinski definition) is 33. The number of aromatic hydroxyl groups is 1. The van der Waals surface area contributed by atoms with E-state index in [0.29, 0.717) is 0 Å². The number of amides is 20. The molecule has 0 radical (unpaired) electrons. The minimum Gasteiger partial charge on any atom is -0.508 e. The number of primary amides is 1. The average molecular weight is 2110 g/mol. The fourth-order valence-corrected chi connectivity index (χ4v) is 15.1. The van der Waals surface area contributed by atoms with Gasteiger partial charge < -0.3 is 185 Å². The Balaban J connectivity index is 1.76. The quantitative estimate of drug-likeness (QED) is 0.0164. The van der Waals surface area contributed by atoms with E-state index in [-0.39, 0.29) is 133 Å². The lowest BCUT2D eigenvalue weighted by Crippen LogP contribution is -2.62. The van der Waals surface area contributed by atoms with Crippen LogP contribution in [0.25, 0.3) is 0 Å². The number of phenols is 1. The zero-order valence-electron chi connectivity index (χ0n) is 84.0. The highest BCUT2D eigenvalue weighted by Gasteiger charge is 2.45. The molecular formula is C89H148N28O31. The number of carbonyl (C=O) groups excluding carboxylic acids is 20. The van der Waals surface area contributed by atoms with E-state index in [1.54, 1.807) is 34.6 Å². The van der Waals surface area contributed by atoms with Crippen LogP contribution in [0, 0.1) is 28.6 Å². The number of nitrogens with two attached hydrogens (primary N) is 5. The molecular weight excluding hydrogens is 1960 g/mol. The number of aliphatic hydroxyl groups is 6. The standard InChI is InChI=1S/C89H148N28O31/c1-10-42(5)66(83(143)107-53(33-61(91)125)74(134)106-52(32-47-23-25-48(124)26-24-47)73(133)104-50(20-15-29-98-89(95)96)72(132)115-69(46(9)123)87(147)148)112-78(138)57(39-120)110-84(144)67(43(6)11-2)113-80(140)60-22-17-30-116(60)85(145)51(18-12-13-27-90)105-76(136)56(38-119)109-77(137)55(37-118)108-70(130)44(7)101-79(139)59-21-16-31-117(59)86(146)58(40-121)111-75(135)54(34-64(128)129)103-63(127)35-99-71(131)49(19-14-28-97-88(93)94)102-62(126)36-100-82(142)68(45(8)122)114-81(141)65(92)41(3)4/h23-26,41-46,49-60,65-69,118-124H,10-22,27-40,90,92H2,1-9H3,(H2,91,125)(H,99,131)(H,100,142)(H,101,139)(H,102,126)(H,103,127)(H,104,133)(H,105,136)(H,106,134)(H,107,143)(H,108,130)(H,109,137)(H,110,144)(H,111,135)(H,112,138)(H,113,140)(H,114,141)(H,115,132)(H,128,129)(H,147,148)(H4,93,94,97)(H4,95,96,98)/t42-,43-,44-,45+,46+,49-,50-,51-,52-,53-,54-,55-,56-,57-,58-,59-,60-,65-,66-,67-,68-,69-/m0/s1. The van der Waals surface area contributed by atoms with Gasteiger partial charge in [0.25, 0.3) is 0 Å². The smallest absolute Gasteiger partial charge is 0.328 e. The first-order valence-electron chi connectivity index (χ1n) is 48.3. The summed E-state index contributed by atoms with van der Waals surface area (Å²) in [5, 5.41) is 151. The zero-order valence-corrected chi connectivity index (χ0v) is 84.0. The van der Waals surface area contributed by atoms with Gasteiger partial charge in [0.05, 0.1) is 70.6 Å². The molecule has 2 aliphatic heterocycles. The Morgan fingerprint density at radius 3 is 1.22 bits per heavy atom. The first-order valence-corrected chi connectivity index (χ1v) is 48.3. The van der Waals surface area contributed by atoms with Crippen LogP contribution in [0.5, 0.6) is 5.75 Å². The molecule has 0 saturated carbocycles. The van der Waals surface area contributed by atoms with Crippen LogP contribution in [0.2, 0.25) is 0 Å². The summed E-state index contributed by atoms with van der Waals surface area (Å²) in [5.74, 6) is -28.3. The molecule has 2 fully saturated rings. The maximum absolute atomic E-state index is 14.8. The third-order valence-corrected chi connectivity index (χ3v) is 24.1. The highest BCUT2D eigenvalue weighted by molar-refractivity contribution is 6.03. The molecule has 59 nitrogen and oxygen atoms in total. The summed E-state index contributed by atoms with van der Waals surface area (Å²) in [5.41, 5.74) is 28.3. The van der Waals surface area contributed by atoms with E-state index in [9.17, 15) is 151 Å². The van der Waals surface area contributed by atoms with E-state index in [2.05, 4.69) is 101 Å². The predicted octanol–water partition coefficient (Wildman–Crippen LogP) is -14.7. The van der Waals surface area contributed by atoms with E-state index in [1.807, 2.05) is 0 Å². The van der Waals surface area contributed by atoms with Gasteiger partial charge in [-0.15, -0.1) is 0 Å². The van der Waals surface area contributed by atoms with Crippen molar-refractivity contribution in [3.8, 4) is 5.75 Å². The van der Waals surface area contributed by atoms with Crippen LogP contribution >= 0.6 is 0 Å². The monoisotopic (exact) mass is 2110 g/mol. The molecule has 830 valence electrons. The Morgan fingerprint density at radius 1 is 0.399 bits per heavy atom. The van der Waals surface area contributed by atoms with Gasteiger partial charge >= 0.3 is 11.9 Å². The van der Waals surface area contributed by atoms with E-state index in [4.69, 9.17) is 39.5 Å². The third-order valence-electron chi connectivity index (χ3n) is 24.1. The lowest BCUT2D eigenvalue weighted by Gasteiger charge is -2.32. The van der Waals surface area contributed by atoms with Crippen molar-refractivity contribution in [3.63, 3.8) is 0 Å². The van der Waals surface area contributed by atoms with E-state index < -0.39 is 334 Å².